The summed E-state index contributed by atoms with van der Waals surface area (Å²) in [6.07, 6.45) is 6.39. The Morgan fingerprint density at radius 3 is 2.50 bits per heavy atom. The van der Waals surface area contributed by atoms with Crippen LogP contribution in [0.2, 0.25) is 10.0 Å². The topological polar surface area (TPSA) is 3.24 Å². The Balaban J connectivity index is 1.84. The molecule has 1 fully saturated rings. The van der Waals surface area contributed by atoms with Crippen molar-refractivity contribution in [2.75, 3.05) is 13.1 Å². The van der Waals surface area contributed by atoms with Gasteiger partial charge in [-0.05, 0) is 63.4 Å². The minimum Gasteiger partial charge on any atom is -0.301 e. The first-order chi connectivity index (χ1) is 8.66. The van der Waals surface area contributed by atoms with E-state index in [0.717, 1.165) is 6.42 Å². The molecule has 1 aromatic carbocycles. The molecule has 0 radical (unpaired) electrons. The molecule has 18 heavy (non-hydrogen) atoms. The predicted molar refractivity (Wildman–Crippen MR) is 79.7 cm³/mol. The third-order valence-electron chi connectivity index (χ3n) is 3.85. The van der Waals surface area contributed by atoms with Gasteiger partial charge in [0.05, 0.1) is 10.0 Å². The predicted octanol–water partition coefficient (Wildman–Crippen LogP) is 4.80. The van der Waals surface area contributed by atoms with E-state index in [1.54, 1.807) is 0 Å². The van der Waals surface area contributed by atoms with Crippen molar-refractivity contribution in [2.45, 2.75) is 45.1 Å². The lowest BCUT2D eigenvalue weighted by Gasteiger charge is -2.32. The van der Waals surface area contributed by atoms with Crippen molar-refractivity contribution in [1.82, 2.24) is 4.90 Å². The second-order valence-corrected chi connectivity index (χ2v) is 6.05. The van der Waals surface area contributed by atoms with Crippen LogP contribution < -0.4 is 0 Å². The van der Waals surface area contributed by atoms with Crippen molar-refractivity contribution in [1.29, 1.82) is 0 Å². The zero-order chi connectivity index (χ0) is 13.0. The maximum atomic E-state index is 6.04. The summed E-state index contributed by atoms with van der Waals surface area (Å²) in [6.45, 7) is 4.87. The van der Waals surface area contributed by atoms with Gasteiger partial charge in [-0.2, -0.15) is 0 Å². The molecule has 1 aliphatic rings. The van der Waals surface area contributed by atoms with Crippen LogP contribution in [0.3, 0.4) is 0 Å². The van der Waals surface area contributed by atoms with Gasteiger partial charge in [0.25, 0.3) is 0 Å². The van der Waals surface area contributed by atoms with Crippen molar-refractivity contribution in [3.63, 3.8) is 0 Å². The molecule has 1 unspecified atom stereocenters. The van der Waals surface area contributed by atoms with E-state index >= 15 is 0 Å². The highest BCUT2D eigenvalue weighted by molar-refractivity contribution is 6.42. The zero-order valence-corrected chi connectivity index (χ0v) is 12.5. The molecule has 0 N–H and O–H groups in total. The van der Waals surface area contributed by atoms with E-state index in [2.05, 4.69) is 17.9 Å². The summed E-state index contributed by atoms with van der Waals surface area (Å²) in [5.41, 5.74) is 1.29. The van der Waals surface area contributed by atoms with Gasteiger partial charge in [0.1, 0.15) is 0 Å². The number of hydrogen-bond acceptors (Lipinski definition) is 1. The van der Waals surface area contributed by atoms with Crippen molar-refractivity contribution in [2.24, 2.45) is 0 Å². The largest absolute Gasteiger partial charge is 0.301 e. The van der Waals surface area contributed by atoms with Gasteiger partial charge in [-0.25, -0.2) is 0 Å². The van der Waals surface area contributed by atoms with E-state index in [9.17, 15) is 0 Å². The van der Waals surface area contributed by atoms with E-state index in [1.165, 1.54) is 44.3 Å². The van der Waals surface area contributed by atoms with E-state index in [4.69, 9.17) is 23.2 Å². The van der Waals surface area contributed by atoms with Gasteiger partial charge in [0, 0.05) is 6.04 Å². The Kier molecular flexibility index (Phi) is 5.35. The second kappa shape index (κ2) is 6.79. The number of hydrogen-bond donors (Lipinski definition) is 0. The quantitative estimate of drug-likeness (QED) is 0.768. The highest BCUT2D eigenvalue weighted by Crippen LogP contribution is 2.24. The minimum atomic E-state index is 0.643. The van der Waals surface area contributed by atoms with Crippen molar-refractivity contribution in [3.8, 4) is 0 Å². The summed E-state index contributed by atoms with van der Waals surface area (Å²) in [6, 6.07) is 6.63. The summed E-state index contributed by atoms with van der Waals surface area (Å²) in [5.74, 6) is 0. The van der Waals surface area contributed by atoms with Crippen molar-refractivity contribution < 1.29 is 0 Å². The van der Waals surface area contributed by atoms with E-state index in [0.29, 0.717) is 16.1 Å². The summed E-state index contributed by atoms with van der Waals surface area (Å²) in [7, 11) is 0. The standard InChI is InChI=1S/C15H21Cl2N/c1-12(18-9-3-2-4-10-18)5-6-13-7-8-14(16)15(17)11-13/h7-8,11-12H,2-6,9-10H2,1H3. The number of nitrogens with zero attached hydrogens (tertiary/aromatic N) is 1. The Bertz CT molecular complexity index is 386. The molecule has 100 valence electrons. The van der Waals surface area contributed by atoms with Crippen LogP contribution in [0.4, 0.5) is 0 Å². The maximum absolute atomic E-state index is 6.04. The van der Waals surface area contributed by atoms with Gasteiger partial charge < -0.3 is 4.90 Å². The monoisotopic (exact) mass is 285 g/mol. The molecular weight excluding hydrogens is 265 g/mol. The molecule has 0 bridgehead atoms. The molecule has 1 saturated heterocycles. The Labute approximate surface area is 120 Å². The van der Waals surface area contributed by atoms with Crippen LogP contribution in [-0.2, 0) is 6.42 Å². The van der Waals surface area contributed by atoms with Crippen LogP contribution in [0.1, 0.15) is 38.2 Å². The Morgan fingerprint density at radius 1 is 1.11 bits per heavy atom. The number of piperidine rings is 1. The molecule has 3 heteroatoms. The number of aryl methyl sites for hydroxylation is 1. The summed E-state index contributed by atoms with van der Waals surface area (Å²) in [5, 5.41) is 1.31. The summed E-state index contributed by atoms with van der Waals surface area (Å²) < 4.78 is 0. The van der Waals surface area contributed by atoms with Crippen molar-refractivity contribution >= 4 is 23.2 Å². The molecule has 0 amide bonds. The normalized spacial score (nSPS) is 18.8. The molecule has 1 atom stereocenters. The second-order valence-electron chi connectivity index (χ2n) is 5.23. The van der Waals surface area contributed by atoms with Gasteiger partial charge in [-0.3, -0.25) is 0 Å². The lowest BCUT2D eigenvalue weighted by Crippen LogP contribution is -2.37. The van der Waals surface area contributed by atoms with Crippen LogP contribution in [-0.4, -0.2) is 24.0 Å². The number of halogens is 2. The Hall–Kier alpha value is -0.240. The number of rotatable bonds is 4. The molecule has 0 spiro atoms. The van der Waals surface area contributed by atoms with Gasteiger partial charge in [0.2, 0.25) is 0 Å². The fraction of sp³-hybridized carbons (Fsp3) is 0.600. The average Bonchev–Trinajstić information content (AvgIpc) is 2.41. The van der Waals surface area contributed by atoms with E-state index < -0.39 is 0 Å². The highest BCUT2D eigenvalue weighted by atomic mass is 35.5. The third kappa shape index (κ3) is 3.88. The van der Waals surface area contributed by atoms with Crippen LogP contribution in [0.5, 0.6) is 0 Å². The fourth-order valence-corrected chi connectivity index (χ4v) is 2.93. The first-order valence-electron chi connectivity index (χ1n) is 6.85. The molecule has 0 saturated carbocycles. The third-order valence-corrected chi connectivity index (χ3v) is 4.59. The molecule has 0 aromatic heterocycles. The first-order valence-corrected chi connectivity index (χ1v) is 7.60. The fourth-order valence-electron chi connectivity index (χ4n) is 2.61. The van der Waals surface area contributed by atoms with E-state index in [1.807, 2.05) is 12.1 Å². The molecule has 1 aliphatic heterocycles. The Morgan fingerprint density at radius 2 is 1.83 bits per heavy atom. The van der Waals surface area contributed by atoms with Crippen molar-refractivity contribution in [3.05, 3.63) is 33.8 Å². The summed E-state index contributed by atoms with van der Waals surface area (Å²) in [4.78, 5) is 2.61. The van der Waals surface area contributed by atoms with Crippen LogP contribution >= 0.6 is 23.2 Å². The zero-order valence-electron chi connectivity index (χ0n) is 11.0. The molecule has 1 aromatic rings. The van der Waals surface area contributed by atoms with E-state index in [-0.39, 0.29) is 0 Å². The van der Waals surface area contributed by atoms with Gasteiger partial charge >= 0.3 is 0 Å². The van der Waals surface area contributed by atoms with Gasteiger partial charge in [-0.1, -0.05) is 35.7 Å². The highest BCUT2D eigenvalue weighted by Gasteiger charge is 2.16. The maximum Gasteiger partial charge on any atom is 0.0595 e. The SMILES string of the molecule is CC(CCc1ccc(Cl)c(Cl)c1)N1CCCCC1. The van der Waals surface area contributed by atoms with Gasteiger partial charge in [-0.15, -0.1) is 0 Å². The number of likely N-dealkylation sites (tertiary alicyclic amines) is 1. The first kappa shape index (κ1) is 14.2. The minimum absolute atomic E-state index is 0.643. The van der Waals surface area contributed by atoms with Crippen LogP contribution in [0.15, 0.2) is 18.2 Å². The van der Waals surface area contributed by atoms with Crippen LogP contribution in [0, 0.1) is 0 Å². The summed E-state index contributed by atoms with van der Waals surface area (Å²) >= 11 is 12.0. The van der Waals surface area contributed by atoms with Crippen LogP contribution in [0.25, 0.3) is 0 Å². The molecular formula is C15H21Cl2N. The average molecular weight is 286 g/mol. The lowest BCUT2D eigenvalue weighted by atomic mass is 10.0. The molecule has 1 nitrogen and oxygen atoms in total. The van der Waals surface area contributed by atoms with Gasteiger partial charge in [0.15, 0.2) is 0 Å². The number of benzene rings is 1. The smallest absolute Gasteiger partial charge is 0.0595 e. The lowest BCUT2D eigenvalue weighted by molar-refractivity contribution is 0.167. The molecule has 0 aliphatic carbocycles. The molecule has 2 rings (SSSR count). The molecule has 1 heterocycles.